The van der Waals surface area contributed by atoms with E-state index < -0.39 is 11.0 Å². The highest BCUT2D eigenvalue weighted by atomic mass is 16.5. The van der Waals surface area contributed by atoms with Crippen LogP contribution < -0.4 is 4.74 Å². The molecule has 4 atom stereocenters. The van der Waals surface area contributed by atoms with Crippen LogP contribution in [0.3, 0.4) is 0 Å². The van der Waals surface area contributed by atoms with Crippen molar-refractivity contribution in [3.05, 3.63) is 23.3 Å². The van der Waals surface area contributed by atoms with Crippen LogP contribution in [0.15, 0.2) is 12.1 Å². The van der Waals surface area contributed by atoms with Crippen LogP contribution in [-0.2, 0) is 16.6 Å². The maximum Gasteiger partial charge on any atom is 0.161 e. The minimum absolute atomic E-state index is 0.0258. The number of phenols is 1. The first-order chi connectivity index (χ1) is 11.4. The Hall–Kier alpha value is -1.59. The van der Waals surface area contributed by atoms with Crippen LogP contribution in [-0.4, -0.2) is 53.2 Å². The molecule has 2 bridgehead atoms. The molecule has 1 aromatic carbocycles. The van der Waals surface area contributed by atoms with E-state index in [1.165, 1.54) is 7.11 Å². The number of aromatic hydroxyl groups is 1. The number of nitrogens with zero attached hydrogens (tertiary/aromatic N) is 1. The number of ketones is 1. The molecule has 1 aliphatic heterocycles. The molecule has 1 saturated carbocycles. The van der Waals surface area contributed by atoms with Crippen LogP contribution in [0.25, 0.3) is 0 Å². The molecule has 130 valence electrons. The Labute approximate surface area is 142 Å². The Balaban J connectivity index is 2.05. The third-order valence-corrected chi connectivity index (χ3v) is 7.00. The molecule has 5 nitrogen and oxygen atoms in total. The van der Waals surface area contributed by atoms with Crippen molar-refractivity contribution < 1.29 is 19.7 Å². The summed E-state index contributed by atoms with van der Waals surface area (Å²) in [5, 5.41) is 22.7. The van der Waals surface area contributed by atoms with Crippen molar-refractivity contribution in [2.45, 2.75) is 49.7 Å². The average molecular weight is 331 g/mol. The number of hydrogen-bond donors (Lipinski definition) is 2. The number of likely N-dealkylation sites (N-methyl/N-ethyl adjacent to an activating group) is 1. The van der Waals surface area contributed by atoms with Crippen molar-refractivity contribution in [1.29, 1.82) is 0 Å². The van der Waals surface area contributed by atoms with E-state index in [1.807, 2.05) is 20.0 Å². The number of ether oxygens (including phenoxy) is 1. The molecule has 1 unspecified atom stereocenters. The Kier molecular flexibility index (Phi) is 3.29. The molecule has 0 spiro atoms. The highest BCUT2D eigenvalue weighted by molar-refractivity contribution is 5.85. The summed E-state index contributed by atoms with van der Waals surface area (Å²) in [7, 11) is 3.57. The Morgan fingerprint density at radius 1 is 1.33 bits per heavy atom. The van der Waals surface area contributed by atoms with Gasteiger partial charge in [-0.25, -0.2) is 0 Å². The summed E-state index contributed by atoms with van der Waals surface area (Å²) in [6, 6.07) is 3.73. The van der Waals surface area contributed by atoms with Gasteiger partial charge in [0.05, 0.1) is 12.7 Å². The molecule has 0 radical (unpaired) electrons. The molecular weight excluding hydrogens is 306 g/mol. The number of phenolic OH excluding ortho intramolecular Hbond substituents is 1. The number of benzene rings is 1. The highest BCUT2D eigenvalue weighted by Gasteiger charge is 2.67. The molecule has 3 aliphatic rings. The van der Waals surface area contributed by atoms with Gasteiger partial charge in [-0.3, -0.25) is 4.79 Å². The number of likely N-dealkylation sites (tertiary alicyclic amines) is 1. The Bertz CT molecular complexity index is 718. The van der Waals surface area contributed by atoms with Gasteiger partial charge in [-0.05, 0) is 44.5 Å². The van der Waals surface area contributed by atoms with E-state index >= 15 is 0 Å². The van der Waals surface area contributed by atoms with Crippen LogP contribution in [0.1, 0.15) is 37.3 Å². The number of aliphatic hydroxyl groups is 1. The molecule has 1 heterocycles. The number of methoxy groups -OCH3 is 1. The first-order valence-corrected chi connectivity index (χ1v) is 8.71. The van der Waals surface area contributed by atoms with Crippen molar-refractivity contribution in [2.75, 3.05) is 20.7 Å². The van der Waals surface area contributed by atoms with Crippen molar-refractivity contribution in [1.82, 2.24) is 4.90 Å². The summed E-state index contributed by atoms with van der Waals surface area (Å²) in [5.74, 6) is 0.369. The van der Waals surface area contributed by atoms with Gasteiger partial charge >= 0.3 is 0 Å². The fourth-order valence-corrected chi connectivity index (χ4v) is 5.71. The van der Waals surface area contributed by atoms with Gasteiger partial charge in [-0.2, -0.15) is 0 Å². The van der Waals surface area contributed by atoms with E-state index in [1.54, 1.807) is 6.07 Å². The second-order valence-electron chi connectivity index (χ2n) is 7.68. The minimum Gasteiger partial charge on any atom is -0.504 e. The molecule has 2 fully saturated rings. The SMILES string of the molecule is COc1ccc2c(c1O)[C@]13CCN(C)[C@H](C2)C1(O)CCC(=O)[C@@H]3C. The zero-order valence-corrected chi connectivity index (χ0v) is 14.5. The summed E-state index contributed by atoms with van der Waals surface area (Å²) in [5.41, 5.74) is 0.0425. The van der Waals surface area contributed by atoms with E-state index in [4.69, 9.17) is 4.74 Å². The second kappa shape index (κ2) is 4.96. The van der Waals surface area contributed by atoms with Crippen LogP contribution in [0.2, 0.25) is 0 Å². The average Bonchev–Trinajstić information content (AvgIpc) is 2.55. The maximum absolute atomic E-state index is 12.6. The van der Waals surface area contributed by atoms with Gasteiger partial charge < -0.3 is 19.8 Å². The third-order valence-electron chi connectivity index (χ3n) is 7.00. The molecule has 5 heteroatoms. The molecule has 2 aliphatic carbocycles. The van der Waals surface area contributed by atoms with Gasteiger partial charge in [0.15, 0.2) is 11.5 Å². The lowest BCUT2D eigenvalue weighted by Crippen LogP contribution is -2.75. The number of rotatable bonds is 1. The van der Waals surface area contributed by atoms with E-state index in [0.717, 1.165) is 17.7 Å². The van der Waals surface area contributed by atoms with E-state index in [2.05, 4.69) is 4.90 Å². The molecule has 0 aromatic heterocycles. The summed E-state index contributed by atoms with van der Waals surface area (Å²) in [6.07, 6.45) is 2.21. The lowest BCUT2D eigenvalue weighted by molar-refractivity contribution is -0.183. The summed E-state index contributed by atoms with van der Waals surface area (Å²) < 4.78 is 5.31. The monoisotopic (exact) mass is 331 g/mol. The zero-order chi connectivity index (χ0) is 17.3. The topological polar surface area (TPSA) is 70.0 Å². The van der Waals surface area contributed by atoms with Crippen LogP contribution >= 0.6 is 0 Å². The molecule has 4 rings (SSSR count). The second-order valence-corrected chi connectivity index (χ2v) is 7.68. The predicted molar refractivity (Wildman–Crippen MR) is 89.4 cm³/mol. The van der Waals surface area contributed by atoms with Gasteiger partial charge in [-0.15, -0.1) is 0 Å². The van der Waals surface area contributed by atoms with Gasteiger partial charge in [0.2, 0.25) is 0 Å². The summed E-state index contributed by atoms with van der Waals surface area (Å²) in [4.78, 5) is 14.8. The number of piperidine rings is 1. The highest BCUT2D eigenvalue weighted by Crippen LogP contribution is 2.62. The van der Waals surface area contributed by atoms with Crippen LogP contribution in [0.5, 0.6) is 11.5 Å². The van der Waals surface area contributed by atoms with E-state index in [0.29, 0.717) is 31.4 Å². The fraction of sp³-hybridized carbons (Fsp3) is 0.632. The van der Waals surface area contributed by atoms with Crippen molar-refractivity contribution in [2.24, 2.45) is 5.92 Å². The summed E-state index contributed by atoms with van der Waals surface area (Å²) in [6.45, 7) is 2.73. The van der Waals surface area contributed by atoms with Gasteiger partial charge in [0.1, 0.15) is 5.78 Å². The largest absolute Gasteiger partial charge is 0.504 e. The lowest BCUT2D eigenvalue weighted by Gasteiger charge is -2.64. The fourth-order valence-electron chi connectivity index (χ4n) is 5.71. The normalized spacial score (nSPS) is 38.4. The molecular formula is C19H25NO4. The number of fused-ring (bicyclic) bond motifs is 1. The molecule has 0 amide bonds. The lowest BCUT2D eigenvalue weighted by atomic mass is 9.46. The van der Waals surface area contributed by atoms with Gasteiger partial charge in [0, 0.05) is 29.4 Å². The smallest absolute Gasteiger partial charge is 0.161 e. The molecule has 1 saturated heterocycles. The minimum atomic E-state index is -0.996. The number of carbonyl (C=O) groups is 1. The maximum atomic E-state index is 12.6. The quantitative estimate of drug-likeness (QED) is 0.818. The number of Topliss-reactive ketones (excluding diaryl/α,β-unsaturated/α-hetero) is 1. The van der Waals surface area contributed by atoms with Crippen LogP contribution in [0, 0.1) is 5.92 Å². The van der Waals surface area contributed by atoms with Crippen molar-refractivity contribution in [3.8, 4) is 11.5 Å². The first-order valence-electron chi connectivity index (χ1n) is 8.71. The zero-order valence-electron chi connectivity index (χ0n) is 14.5. The molecule has 2 N–H and O–H groups in total. The number of hydrogen-bond acceptors (Lipinski definition) is 5. The van der Waals surface area contributed by atoms with E-state index in [-0.39, 0.29) is 23.5 Å². The van der Waals surface area contributed by atoms with Crippen LogP contribution in [0.4, 0.5) is 0 Å². The predicted octanol–water partition coefficient (Wildman–Crippen LogP) is 1.63. The number of carbonyl (C=O) groups excluding carboxylic acids is 1. The standard InChI is InChI=1S/C19H25NO4/c1-11-13(21)6-7-19(23)15-10-12-4-5-14(24-3)17(22)16(12)18(11,19)8-9-20(15)2/h4-5,11,15,22-23H,6-10H2,1-3H3/t11-,15+,18+,19?/m0/s1. The molecule has 24 heavy (non-hydrogen) atoms. The van der Waals surface area contributed by atoms with Crippen molar-refractivity contribution >= 4 is 5.78 Å². The first kappa shape index (κ1) is 15.9. The summed E-state index contributed by atoms with van der Waals surface area (Å²) >= 11 is 0. The van der Waals surface area contributed by atoms with E-state index in [9.17, 15) is 15.0 Å². The van der Waals surface area contributed by atoms with Gasteiger partial charge in [0.25, 0.3) is 0 Å². The Morgan fingerprint density at radius 3 is 2.79 bits per heavy atom. The molecule has 1 aromatic rings. The van der Waals surface area contributed by atoms with Gasteiger partial charge in [-0.1, -0.05) is 13.0 Å². The van der Waals surface area contributed by atoms with Crippen molar-refractivity contribution in [3.63, 3.8) is 0 Å². The third kappa shape index (κ3) is 1.64. The Morgan fingerprint density at radius 2 is 2.08 bits per heavy atom.